The molecule has 1 saturated heterocycles. The summed E-state index contributed by atoms with van der Waals surface area (Å²) in [6, 6.07) is 10.8. The molecule has 1 aromatic heterocycles. The van der Waals surface area contributed by atoms with E-state index in [0.717, 1.165) is 29.6 Å². The standard InChI is InChI=1S/C29H32ClF3N4O5/c1-17(37-11-13-41-28(37)40)26-35-24(16-36(26)3)20-6-4-19(5-7-20)14-22(10-12-38)34-27(39)21-8-9-25(23(30)15-21)42-18(2)29(31,32)33/h4-9,15-18,22,38H,10-14H2,1-3H3,(H,34,39)/t17-,18?,22?/m1/s1. The number of hydrogen-bond acceptors (Lipinski definition) is 6. The number of nitrogens with one attached hydrogen (secondary N) is 1. The normalized spacial score (nSPS) is 15.7. The minimum absolute atomic E-state index is 0.125. The number of aliphatic hydroxyl groups is 1. The number of amides is 2. The number of aryl methyl sites for hydroxylation is 1. The fourth-order valence-electron chi connectivity index (χ4n) is 4.65. The van der Waals surface area contributed by atoms with Gasteiger partial charge in [-0.3, -0.25) is 9.69 Å². The second kappa shape index (κ2) is 13.0. The van der Waals surface area contributed by atoms with Gasteiger partial charge in [-0.15, -0.1) is 0 Å². The van der Waals surface area contributed by atoms with Crippen LogP contribution in [0.1, 0.15) is 48.1 Å². The highest BCUT2D eigenvalue weighted by molar-refractivity contribution is 6.32. The van der Waals surface area contributed by atoms with E-state index >= 15 is 0 Å². The Labute approximate surface area is 246 Å². The van der Waals surface area contributed by atoms with E-state index in [-0.39, 0.29) is 41.5 Å². The van der Waals surface area contributed by atoms with Crippen LogP contribution in [0.2, 0.25) is 5.02 Å². The van der Waals surface area contributed by atoms with Crippen LogP contribution in [-0.4, -0.2) is 69.6 Å². The molecule has 0 radical (unpaired) electrons. The second-order valence-electron chi connectivity index (χ2n) is 10.1. The number of halogens is 4. The topological polar surface area (TPSA) is 106 Å². The van der Waals surface area contributed by atoms with Crippen LogP contribution in [0.5, 0.6) is 5.75 Å². The van der Waals surface area contributed by atoms with Crippen LogP contribution in [-0.2, 0) is 18.2 Å². The fraction of sp³-hybridized carbons (Fsp3) is 0.414. The lowest BCUT2D eigenvalue weighted by Gasteiger charge is -2.20. The summed E-state index contributed by atoms with van der Waals surface area (Å²) in [5.41, 5.74) is 2.67. The first-order valence-corrected chi connectivity index (χ1v) is 13.8. The maximum absolute atomic E-state index is 12.9. The van der Waals surface area contributed by atoms with Gasteiger partial charge >= 0.3 is 12.3 Å². The maximum atomic E-state index is 12.9. The van der Waals surface area contributed by atoms with Gasteiger partial charge in [0.25, 0.3) is 5.91 Å². The first-order valence-electron chi connectivity index (χ1n) is 13.4. The molecule has 0 aliphatic carbocycles. The molecule has 2 heterocycles. The van der Waals surface area contributed by atoms with Crippen LogP contribution >= 0.6 is 11.6 Å². The Balaban J connectivity index is 1.40. The lowest BCUT2D eigenvalue weighted by molar-refractivity contribution is -0.189. The molecule has 1 aliphatic heterocycles. The third kappa shape index (κ3) is 7.35. The van der Waals surface area contributed by atoms with E-state index in [4.69, 9.17) is 26.1 Å². The molecular weight excluding hydrogens is 577 g/mol. The molecule has 13 heteroatoms. The Bertz CT molecular complexity index is 1410. The molecule has 42 heavy (non-hydrogen) atoms. The summed E-state index contributed by atoms with van der Waals surface area (Å²) in [6.45, 7) is 3.48. The molecule has 3 aromatic rings. The Morgan fingerprint density at radius 1 is 1.21 bits per heavy atom. The molecule has 0 spiro atoms. The number of rotatable bonds is 11. The van der Waals surface area contributed by atoms with Gasteiger partial charge in [-0.05, 0) is 50.5 Å². The van der Waals surface area contributed by atoms with Crippen molar-refractivity contribution in [3.8, 4) is 17.0 Å². The summed E-state index contributed by atoms with van der Waals surface area (Å²) >= 11 is 6.09. The van der Waals surface area contributed by atoms with E-state index in [1.807, 2.05) is 49.0 Å². The lowest BCUT2D eigenvalue weighted by Crippen LogP contribution is -2.37. The first-order chi connectivity index (χ1) is 19.9. The van der Waals surface area contributed by atoms with E-state index in [1.54, 1.807) is 4.90 Å². The van der Waals surface area contributed by atoms with Crippen molar-refractivity contribution >= 4 is 23.6 Å². The van der Waals surface area contributed by atoms with Crippen LogP contribution in [0.4, 0.5) is 18.0 Å². The van der Waals surface area contributed by atoms with Crippen LogP contribution in [0.25, 0.3) is 11.3 Å². The number of benzene rings is 2. The highest BCUT2D eigenvalue weighted by atomic mass is 35.5. The lowest BCUT2D eigenvalue weighted by atomic mass is 10.0. The van der Waals surface area contributed by atoms with Crippen molar-refractivity contribution in [3.63, 3.8) is 0 Å². The largest absolute Gasteiger partial charge is 0.480 e. The van der Waals surface area contributed by atoms with Crippen molar-refractivity contribution in [1.82, 2.24) is 19.8 Å². The van der Waals surface area contributed by atoms with Gasteiger partial charge in [0.2, 0.25) is 0 Å². The van der Waals surface area contributed by atoms with Crippen molar-refractivity contribution < 1.29 is 37.3 Å². The average Bonchev–Trinajstić information content (AvgIpc) is 3.54. The molecule has 2 aromatic carbocycles. The van der Waals surface area contributed by atoms with E-state index < -0.39 is 24.2 Å². The molecule has 2 amide bonds. The number of aromatic nitrogens is 2. The van der Waals surface area contributed by atoms with E-state index in [9.17, 15) is 27.9 Å². The monoisotopic (exact) mass is 608 g/mol. The predicted octanol–water partition coefficient (Wildman–Crippen LogP) is 5.31. The van der Waals surface area contributed by atoms with Gasteiger partial charge in [0.15, 0.2) is 6.10 Å². The minimum atomic E-state index is -4.56. The summed E-state index contributed by atoms with van der Waals surface area (Å²) in [4.78, 5) is 31.2. The number of hydrogen-bond donors (Lipinski definition) is 2. The van der Waals surface area contributed by atoms with Gasteiger partial charge in [0.05, 0.1) is 23.3 Å². The van der Waals surface area contributed by atoms with Gasteiger partial charge in [0.1, 0.15) is 18.2 Å². The molecule has 3 atom stereocenters. The van der Waals surface area contributed by atoms with Crippen molar-refractivity contribution in [2.24, 2.45) is 7.05 Å². The van der Waals surface area contributed by atoms with Crippen molar-refractivity contribution in [3.05, 3.63) is 70.6 Å². The molecule has 1 aliphatic rings. The number of carbonyl (C=O) groups is 2. The zero-order valence-electron chi connectivity index (χ0n) is 23.3. The van der Waals surface area contributed by atoms with Crippen molar-refractivity contribution in [2.45, 2.75) is 51.1 Å². The molecule has 4 rings (SSSR count). The Kier molecular flexibility index (Phi) is 9.67. The Morgan fingerprint density at radius 2 is 1.93 bits per heavy atom. The zero-order valence-corrected chi connectivity index (χ0v) is 24.1. The van der Waals surface area contributed by atoms with Crippen LogP contribution in [0, 0.1) is 0 Å². The quantitative estimate of drug-likeness (QED) is 0.306. The van der Waals surface area contributed by atoms with Gasteiger partial charge in [-0.1, -0.05) is 35.9 Å². The molecule has 226 valence electrons. The van der Waals surface area contributed by atoms with E-state index in [0.29, 0.717) is 19.6 Å². The maximum Gasteiger partial charge on any atom is 0.425 e. The van der Waals surface area contributed by atoms with Crippen LogP contribution < -0.4 is 10.1 Å². The number of ether oxygens (including phenoxy) is 2. The molecule has 9 nitrogen and oxygen atoms in total. The predicted molar refractivity (Wildman–Crippen MR) is 149 cm³/mol. The Morgan fingerprint density at radius 3 is 2.52 bits per heavy atom. The number of imidazole rings is 1. The van der Waals surface area contributed by atoms with Crippen molar-refractivity contribution in [1.29, 1.82) is 0 Å². The first kappa shape index (κ1) is 31.2. The third-order valence-electron chi connectivity index (χ3n) is 7.05. The van der Waals surface area contributed by atoms with Gasteiger partial charge in [-0.25, -0.2) is 9.78 Å². The van der Waals surface area contributed by atoms with Crippen LogP contribution in [0.3, 0.4) is 0 Å². The van der Waals surface area contributed by atoms with E-state index in [1.165, 1.54) is 18.2 Å². The summed E-state index contributed by atoms with van der Waals surface area (Å²) in [7, 11) is 1.87. The number of alkyl halides is 3. The molecule has 0 saturated carbocycles. The smallest absolute Gasteiger partial charge is 0.425 e. The molecule has 1 fully saturated rings. The molecular formula is C29H32ClF3N4O5. The molecule has 0 bridgehead atoms. The molecule has 2 unspecified atom stereocenters. The van der Waals surface area contributed by atoms with E-state index in [2.05, 4.69) is 5.32 Å². The van der Waals surface area contributed by atoms with Gasteiger partial charge < -0.3 is 24.5 Å². The SMILES string of the molecule is CC(Oc1ccc(C(=O)NC(CCO)Cc2ccc(-c3cn(C)c([C@@H](C)N4CCOC4=O)n3)cc2)cc1Cl)C(F)(F)F. The number of nitrogens with zero attached hydrogens (tertiary/aromatic N) is 3. The average molecular weight is 609 g/mol. The minimum Gasteiger partial charge on any atom is -0.480 e. The van der Waals surface area contributed by atoms with Crippen molar-refractivity contribution in [2.75, 3.05) is 19.8 Å². The van der Waals surface area contributed by atoms with Crippen LogP contribution in [0.15, 0.2) is 48.7 Å². The number of aliphatic hydroxyl groups excluding tert-OH is 1. The van der Waals surface area contributed by atoms with Gasteiger partial charge in [0, 0.05) is 37.0 Å². The fourth-order valence-corrected chi connectivity index (χ4v) is 4.87. The Hall–Kier alpha value is -3.77. The summed E-state index contributed by atoms with van der Waals surface area (Å²) in [5.74, 6) is 0.0608. The summed E-state index contributed by atoms with van der Waals surface area (Å²) < 4.78 is 50.3. The van der Waals surface area contributed by atoms with Gasteiger partial charge in [-0.2, -0.15) is 13.2 Å². The second-order valence-corrected chi connectivity index (χ2v) is 10.5. The summed E-state index contributed by atoms with van der Waals surface area (Å²) in [6.07, 6.45) is -4.38. The highest BCUT2D eigenvalue weighted by Gasteiger charge is 2.38. The number of cyclic esters (lactones) is 1. The summed E-state index contributed by atoms with van der Waals surface area (Å²) in [5, 5.41) is 12.3. The zero-order chi connectivity index (χ0) is 30.6. The third-order valence-corrected chi connectivity index (χ3v) is 7.34. The number of carbonyl (C=O) groups excluding carboxylic acids is 2. The highest BCUT2D eigenvalue weighted by Crippen LogP contribution is 2.31. The molecule has 2 N–H and O–H groups in total.